The minimum absolute atomic E-state index is 0.253. The molecule has 0 unspecified atom stereocenters. The minimum atomic E-state index is -0.253. The Morgan fingerprint density at radius 2 is 1.93 bits per heavy atom. The number of hydrogen-bond donors (Lipinski definition) is 0. The Bertz CT molecular complexity index is 350. The summed E-state index contributed by atoms with van der Waals surface area (Å²) in [6.07, 6.45) is 2.32. The summed E-state index contributed by atoms with van der Waals surface area (Å²) in [5.74, 6) is -0.253. The second-order valence-corrected chi connectivity index (χ2v) is 4.67. The van der Waals surface area contributed by atoms with E-state index in [0.717, 1.165) is 31.6 Å². The molecule has 1 aliphatic rings. The van der Waals surface area contributed by atoms with E-state index in [1.54, 1.807) is 6.07 Å². The highest BCUT2D eigenvalue weighted by Gasteiger charge is 2.16. The van der Waals surface area contributed by atoms with Gasteiger partial charge in [0.1, 0.15) is 5.82 Å². The van der Waals surface area contributed by atoms with Gasteiger partial charge in [-0.05, 0) is 40.9 Å². The van der Waals surface area contributed by atoms with Crippen LogP contribution in [0, 0.1) is 5.82 Å². The van der Waals surface area contributed by atoms with Crippen molar-refractivity contribution in [3.63, 3.8) is 0 Å². The summed E-state index contributed by atoms with van der Waals surface area (Å²) in [6, 6.07) is 3.11. The van der Waals surface area contributed by atoms with Crippen LogP contribution in [0.5, 0.6) is 0 Å². The van der Waals surface area contributed by atoms with E-state index in [1.807, 2.05) is 0 Å². The highest BCUT2D eigenvalue weighted by atomic mass is 79.9. The van der Waals surface area contributed by atoms with Gasteiger partial charge >= 0.3 is 0 Å². The molecule has 1 saturated heterocycles. The zero-order valence-corrected chi connectivity index (χ0v) is 9.91. The molecule has 0 bridgehead atoms. The van der Waals surface area contributed by atoms with E-state index < -0.39 is 0 Å². The normalized spacial score (nSPS) is 16.4. The first-order chi connectivity index (χ1) is 6.68. The van der Waals surface area contributed by atoms with Crippen molar-refractivity contribution in [1.82, 2.24) is 0 Å². The fourth-order valence-electron chi connectivity index (χ4n) is 1.71. The molecule has 4 heteroatoms. The van der Waals surface area contributed by atoms with Gasteiger partial charge in [-0.2, -0.15) is 0 Å². The van der Waals surface area contributed by atoms with E-state index in [9.17, 15) is 4.39 Å². The van der Waals surface area contributed by atoms with Crippen LogP contribution in [0.15, 0.2) is 16.6 Å². The summed E-state index contributed by atoms with van der Waals surface area (Å²) in [5.41, 5.74) is 0.810. The molecule has 1 aromatic carbocycles. The van der Waals surface area contributed by atoms with Crippen molar-refractivity contribution in [1.29, 1.82) is 0 Å². The van der Waals surface area contributed by atoms with Gasteiger partial charge in [-0.3, -0.25) is 0 Å². The van der Waals surface area contributed by atoms with Crippen LogP contribution in [0.2, 0.25) is 5.02 Å². The van der Waals surface area contributed by atoms with Crippen molar-refractivity contribution < 1.29 is 4.39 Å². The van der Waals surface area contributed by atoms with E-state index in [4.69, 9.17) is 11.6 Å². The van der Waals surface area contributed by atoms with Crippen LogP contribution in [0.1, 0.15) is 12.8 Å². The molecule has 1 heterocycles. The molecule has 1 aromatic rings. The Balaban J connectivity index is 2.37. The maximum atomic E-state index is 13.3. The first-order valence-electron chi connectivity index (χ1n) is 4.58. The number of hydrogen-bond acceptors (Lipinski definition) is 1. The third-order valence-corrected chi connectivity index (χ3v) is 3.35. The van der Waals surface area contributed by atoms with Gasteiger partial charge in [0.15, 0.2) is 0 Å². The van der Waals surface area contributed by atoms with Gasteiger partial charge in [-0.1, -0.05) is 11.6 Å². The smallest absolute Gasteiger partial charge is 0.139 e. The predicted molar refractivity (Wildman–Crippen MR) is 60.6 cm³/mol. The Morgan fingerprint density at radius 3 is 2.57 bits per heavy atom. The largest absolute Gasteiger partial charge is 0.370 e. The summed E-state index contributed by atoms with van der Waals surface area (Å²) in [7, 11) is 0. The SMILES string of the molecule is Fc1cc(N2CCCC2)c(Cl)cc1Br. The lowest BCUT2D eigenvalue weighted by Crippen LogP contribution is -2.18. The molecule has 2 rings (SSSR count). The van der Waals surface area contributed by atoms with Gasteiger partial charge in [0, 0.05) is 13.1 Å². The highest BCUT2D eigenvalue weighted by Crippen LogP contribution is 2.32. The minimum Gasteiger partial charge on any atom is -0.370 e. The molecular weight excluding hydrogens is 268 g/mol. The zero-order chi connectivity index (χ0) is 10.1. The lowest BCUT2D eigenvalue weighted by Gasteiger charge is -2.19. The van der Waals surface area contributed by atoms with E-state index >= 15 is 0 Å². The van der Waals surface area contributed by atoms with Crippen LogP contribution in [0.3, 0.4) is 0 Å². The van der Waals surface area contributed by atoms with E-state index in [2.05, 4.69) is 20.8 Å². The molecule has 1 fully saturated rings. The van der Waals surface area contributed by atoms with Crippen molar-refractivity contribution in [3.05, 3.63) is 27.4 Å². The molecule has 14 heavy (non-hydrogen) atoms. The molecule has 0 amide bonds. The molecule has 76 valence electrons. The van der Waals surface area contributed by atoms with Crippen molar-refractivity contribution in [3.8, 4) is 0 Å². The molecule has 0 saturated carbocycles. The second-order valence-electron chi connectivity index (χ2n) is 3.41. The maximum Gasteiger partial charge on any atom is 0.139 e. The summed E-state index contributed by atoms with van der Waals surface area (Å²) >= 11 is 9.15. The lowest BCUT2D eigenvalue weighted by molar-refractivity contribution is 0.620. The summed E-state index contributed by atoms with van der Waals surface area (Å²) in [5, 5.41) is 0.611. The maximum absolute atomic E-state index is 13.3. The van der Waals surface area contributed by atoms with Gasteiger partial charge in [0.2, 0.25) is 0 Å². The third-order valence-electron chi connectivity index (χ3n) is 2.44. The monoisotopic (exact) mass is 277 g/mol. The molecule has 0 atom stereocenters. The van der Waals surface area contributed by atoms with Crippen LogP contribution >= 0.6 is 27.5 Å². The van der Waals surface area contributed by atoms with Crippen molar-refractivity contribution in [2.24, 2.45) is 0 Å². The Kier molecular flexibility index (Phi) is 2.98. The Labute approximate surface area is 96.0 Å². The number of nitrogens with zero attached hydrogens (tertiary/aromatic N) is 1. The molecule has 1 aliphatic heterocycles. The predicted octanol–water partition coefficient (Wildman–Crippen LogP) is 3.84. The molecule has 0 N–H and O–H groups in total. The number of rotatable bonds is 1. The summed E-state index contributed by atoms with van der Waals surface area (Å²) < 4.78 is 13.7. The Morgan fingerprint density at radius 1 is 1.29 bits per heavy atom. The van der Waals surface area contributed by atoms with Crippen LogP contribution < -0.4 is 4.90 Å². The van der Waals surface area contributed by atoms with Gasteiger partial charge in [-0.15, -0.1) is 0 Å². The second kappa shape index (κ2) is 4.07. The highest BCUT2D eigenvalue weighted by molar-refractivity contribution is 9.10. The standard InChI is InChI=1S/C10H10BrClFN/c11-7-5-8(12)10(6-9(7)13)14-3-1-2-4-14/h5-6H,1-4H2. The molecule has 1 nitrogen and oxygen atoms in total. The molecule has 0 radical (unpaired) electrons. The van der Waals surface area contributed by atoms with Gasteiger partial charge in [0.05, 0.1) is 15.2 Å². The molecule has 0 spiro atoms. The van der Waals surface area contributed by atoms with Crippen molar-refractivity contribution in [2.75, 3.05) is 18.0 Å². The van der Waals surface area contributed by atoms with E-state index in [-0.39, 0.29) is 5.82 Å². The first kappa shape index (κ1) is 10.2. The fourth-order valence-corrected chi connectivity index (χ4v) is 2.47. The van der Waals surface area contributed by atoms with Crippen LogP contribution in [-0.4, -0.2) is 13.1 Å². The van der Waals surface area contributed by atoms with Gasteiger partial charge < -0.3 is 4.90 Å². The first-order valence-corrected chi connectivity index (χ1v) is 5.75. The van der Waals surface area contributed by atoms with Crippen LogP contribution in [0.4, 0.5) is 10.1 Å². The van der Waals surface area contributed by atoms with Gasteiger partial charge in [-0.25, -0.2) is 4.39 Å². The zero-order valence-electron chi connectivity index (χ0n) is 7.56. The number of anilines is 1. The lowest BCUT2D eigenvalue weighted by atomic mass is 10.3. The summed E-state index contributed by atoms with van der Waals surface area (Å²) in [4.78, 5) is 2.12. The number of halogens is 3. The van der Waals surface area contributed by atoms with Crippen LogP contribution in [0.25, 0.3) is 0 Å². The third kappa shape index (κ3) is 1.89. The van der Waals surface area contributed by atoms with Crippen molar-refractivity contribution in [2.45, 2.75) is 12.8 Å². The Hall–Kier alpha value is -0.280. The summed E-state index contributed by atoms with van der Waals surface area (Å²) in [6.45, 7) is 1.95. The molecule has 0 aliphatic carbocycles. The topological polar surface area (TPSA) is 3.24 Å². The van der Waals surface area contributed by atoms with E-state index in [0.29, 0.717) is 9.50 Å². The fraction of sp³-hybridized carbons (Fsp3) is 0.400. The van der Waals surface area contributed by atoms with Crippen LogP contribution in [-0.2, 0) is 0 Å². The quantitative estimate of drug-likeness (QED) is 0.706. The van der Waals surface area contributed by atoms with E-state index in [1.165, 1.54) is 6.07 Å². The number of benzene rings is 1. The molecular formula is C10H10BrClFN. The van der Waals surface area contributed by atoms with Crippen molar-refractivity contribution >= 4 is 33.2 Å². The average molecular weight is 279 g/mol. The van der Waals surface area contributed by atoms with Gasteiger partial charge in [0.25, 0.3) is 0 Å². The average Bonchev–Trinajstić information content (AvgIpc) is 2.64. The molecule has 0 aromatic heterocycles.